The van der Waals surface area contributed by atoms with Gasteiger partial charge in [0.2, 0.25) is 5.28 Å². The van der Waals surface area contributed by atoms with Gasteiger partial charge in [-0.3, -0.25) is 0 Å². The lowest BCUT2D eigenvalue weighted by atomic mass is 10.4. The molecule has 0 aromatic carbocycles. The molecule has 0 saturated heterocycles. The summed E-state index contributed by atoms with van der Waals surface area (Å²) >= 11 is 5.81. The third kappa shape index (κ3) is 1.29. The normalized spacial score (nSPS) is 10.9. The molecule has 6 heteroatoms. The standard InChI is InChI=1S/C8H10ClN5/c1-13(2)6-5-7(12-8(9)11-6)14(3)4-10-5/h4H,1-3H3. The summed E-state index contributed by atoms with van der Waals surface area (Å²) in [6, 6.07) is 0. The van der Waals surface area contributed by atoms with Crippen LogP contribution in [0.2, 0.25) is 5.28 Å². The molecule has 0 aliphatic rings. The molecule has 0 radical (unpaired) electrons. The average Bonchev–Trinajstić information content (AvgIpc) is 2.47. The number of hydrogen-bond acceptors (Lipinski definition) is 4. The van der Waals surface area contributed by atoms with Crippen molar-refractivity contribution in [3.05, 3.63) is 11.6 Å². The van der Waals surface area contributed by atoms with Crippen LogP contribution in [0.5, 0.6) is 0 Å². The molecule has 0 aliphatic carbocycles. The Kier molecular flexibility index (Phi) is 2.03. The summed E-state index contributed by atoms with van der Waals surface area (Å²) in [5.74, 6) is 0.737. The van der Waals surface area contributed by atoms with Crippen molar-refractivity contribution in [2.45, 2.75) is 0 Å². The lowest BCUT2D eigenvalue weighted by Crippen LogP contribution is -2.12. The molecule has 0 aliphatic heterocycles. The Bertz CT molecular complexity index is 476. The summed E-state index contributed by atoms with van der Waals surface area (Å²) in [5, 5.41) is 0.241. The zero-order chi connectivity index (χ0) is 10.3. The minimum absolute atomic E-state index is 0.241. The summed E-state index contributed by atoms with van der Waals surface area (Å²) in [5.41, 5.74) is 1.51. The van der Waals surface area contributed by atoms with Gasteiger partial charge in [0.05, 0.1) is 6.33 Å². The monoisotopic (exact) mass is 211 g/mol. The second kappa shape index (κ2) is 3.09. The van der Waals surface area contributed by atoms with E-state index in [-0.39, 0.29) is 5.28 Å². The number of nitrogens with zero attached hydrogens (tertiary/aromatic N) is 5. The second-order valence-corrected chi connectivity index (χ2v) is 3.58. The molecule has 0 fully saturated rings. The zero-order valence-electron chi connectivity index (χ0n) is 8.19. The van der Waals surface area contributed by atoms with Crippen LogP contribution in [0.3, 0.4) is 0 Å². The second-order valence-electron chi connectivity index (χ2n) is 3.24. The van der Waals surface area contributed by atoms with Crippen molar-refractivity contribution < 1.29 is 0 Å². The Morgan fingerprint density at radius 1 is 1.36 bits per heavy atom. The van der Waals surface area contributed by atoms with Gasteiger partial charge in [0, 0.05) is 21.1 Å². The van der Waals surface area contributed by atoms with E-state index in [1.807, 2.05) is 30.6 Å². The molecule has 2 rings (SSSR count). The Labute approximate surface area is 86.3 Å². The average molecular weight is 212 g/mol. The molecule has 2 aromatic heterocycles. The molecule has 74 valence electrons. The predicted octanol–water partition coefficient (Wildman–Crippen LogP) is 1.08. The van der Waals surface area contributed by atoms with Gasteiger partial charge in [-0.15, -0.1) is 0 Å². The number of anilines is 1. The quantitative estimate of drug-likeness (QED) is 0.663. The van der Waals surface area contributed by atoms with E-state index < -0.39 is 0 Å². The lowest BCUT2D eigenvalue weighted by Gasteiger charge is -2.11. The summed E-state index contributed by atoms with van der Waals surface area (Å²) in [4.78, 5) is 14.3. The highest BCUT2D eigenvalue weighted by atomic mass is 35.5. The zero-order valence-corrected chi connectivity index (χ0v) is 8.95. The van der Waals surface area contributed by atoms with Gasteiger partial charge in [0.1, 0.15) is 0 Å². The van der Waals surface area contributed by atoms with E-state index in [9.17, 15) is 0 Å². The first-order valence-electron chi connectivity index (χ1n) is 4.11. The van der Waals surface area contributed by atoms with Crippen molar-refractivity contribution in [1.29, 1.82) is 0 Å². The smallest absolute Gasteiger partial charge is 0.226 e. The largest absolute Gasteiger partial charge is 0.361 e. The molecule has 0 unspecified atom stereocenters. The van der Waals surface area contributed by atoms with Crippen LogP contribution in [0.4, 0.5) is 5.82 Å². The first-order chi connectivity index (χ1) is 6.59. The van der Waals surface area contributed by atoms with Crippen LogP contribution in [0.1, 0.15) is 0 Å². The van der Waals surface area contributed by atoms with Crippen LogP contribution in [0.15, 0.2) is 6.33 Å². The summed E-state index contributed by atoms with van der Waals surface area (Å²) in [6.07, 6.45) is 1.70. The van der Waals surface area contributed by atoms with Gasteiger partial charge >= 0.3 is 0 Å². The van der Waals surface area contributed by atoms with E-state index in [2.05, 4.69) is 15.0 Å². The van der Waals surface area contributed by atoms with Gasteiger partial charge in [-0.2, -0.15) is 9.97 Å². The van der Waals surface area contributed by atoms with Gasteiger partial charge in [-0.25, -0.2) is 4.98 Å². The molecule has 5 nitrogen and oxygen atoms in total. The van der Waals surface area contributed by atoms with Crippen LogP contribution < -0.4 is 4.90 Å². The fraction of sp³-hybridized carbons (Fsp3) is 0.375. The minimum atomic E-state index is 0.241. The topological polar surface area (TPSA) is 46.8 Å². The molecule has 2 heterocycles. The van der Waals surface area contributed by atoms with E-state index in [0.717, 1.165) is 17.0 Å². The predicted molar refractivity (Wildman–Crippen MR) is 55.6 cm³/mol. The minimum Gasteiger partial charge on any atom is -0.361 e. The molecule has 0 amide bonds. The van der Waals surface area contributed by atoms with Crippen molar-refractivity contribution in [2.24, 2.45) is 7.05 Å². The summed E-state index contributed by atoms with van der Waals surface area (Å²) < 4.78 is 1.82. The van der Waals surface area contributed by atoms with Crippen molar-refractivity contribution in [3.8, 4) is 0 Å². The highest BCUT2D eigenvalue weighted by molar-refractivity contribution is 6.28. The maximum Gasteiger partial charge on any atom is 0.226 e. The Morgan fingerprint density at radius 3 is 2.71 bits per heavy atom. The van der Waals surface area contributed by atoms with E-state index in [4.69, 9.17) is 11.6 Å². The molecule has 0 bridgehead atoms. The van der Waals surface area contributed by atoms with Crippen LogP contribution >= 0.6 is 11.6 Å². The van der Waals surface area contributed by atoms with Gasteiger partial charge in [0.15, 0.2) is 17.0 Å². The van der Waals surface area contributed by atoms with Gasteiger partial charge in [-0.05, 0) is 11.6 Å². The van der Waals surface area contributed by atoms with E-state index >= 15 is 0 Å². The van der Waals surface area contributed by atoms with Crippen LogP contribution in [-0.2, 0) is 7.05 Å². The number of rotatable bonds is 1. The van der Waals surface area contributed by atoms with Crippen LogP contribution in [-0.4, -0.2) is 33.6 Å². The number of aromatic nitrogens is 4. The summed E-state index contributed by atoms with van der Waals surface area (Å²) in [6.45, 7) is 0. The number of imidazole rings is 1. The third-order valence-electron chi connectivity index (χ3n) is 1.94. The third-order valence-corrected chi connectivity index (χ3v) is 2.11. The van der Waals surface area contributed by atoms with Crippen molar-refractivity contribution >= 4 is 28.6 Å². The maximum absolute atomic E-state index is 5.81. The van der Waals surface area contributed by atoms with Crippen LogP contribution in [0.25, 0.3) is 11.2 Å². The van der Waals surface area contributed by atoms with Gasteiger partial charge in [-0.1, -0.05) is 0 Å². The molecular weight excluding hydrogens is 202 g/mol. The first-order valence-corrected chi connectivity index (χ1v) is 4.49. The molecular formula is C8H10ClN5. The highest BCUT2D eigenvalue weighted by Crippen LogP contribution is 2.21. The van der Waals surface area contributed by atoms with Gasteiger partial charge < -0.3 is 9.47 Å². The fourth-order valence-electron chi connectivity index (χ4n) is 1.28. The van der Waals surface area contributed by atoms with E-state index in [1.165, 1.54) is 0 Å². The van der Waals surface area contributed by atoms with E-state index in [1.54, 1.807) is 6.33 Å². The highest BCUT2D eigenvalue weighted by Gasteiger charge is 2.11. The van der Waals surface area contributed by atoms with Gasteiger partial charge in [0.25, 0.3) is 0 Å². The molecule has 0 saturated carbocycles. The van der Waals surface area contributed by atoms with Crippen molar-refractivity contribution in [1.82, 2.24) is 19.5 Å². The fourth-order valence-corrected chi connectivity index (χ4v) is 1.44. The number of aryl methyl sites for hydroxylation is 1. The van der Waals surface area contributed by atoms with E-state index in [0.29, 0.717) is 0 Å². The maximum atomic E-state index is 5.81. The van der Waals surface area contributed by atoms with Crippen LogP contribution in [0, 0.1) is 0 Å². The van der Waals surface area contributed by atoms with Crippen molar-refractivity contribution in [2.75, 3.05) is 19.0 Å². The molecule has 0 spiro atoms. The molecule has 2 aromatic rings. The SMILES string of the molecule is CN(C)c1nc(Cl)nc2c1ncn2C. The Morgan fingerprint density at radius 2 is 2.07 bits per heavy atom. The Balaban J connectivity index is 2.82. The Hall–Kier alpha value is -1.36. The number of hydrogen-bond donors (Lipinski definition) is 0. The number of halogens is 1. The summed E-state index contributed by atoms with van der Waals surface area (Å²) in [7, 11) is 5.66. The molecule has 0 atom stereocenters. The van der Waals surface area contributed by atoms with Crippen molar-refractivity contribution in [3.63, 3.8) is 0 Å². The number of fused-ring (bicyclic) bond motifs is 1. The first kappa shape index (κ1) is 9.21. The lowest BCUT2D eigenvalue weighted by molar-refractivity contribution is 0.927. The molecule has 0 N–H and O–H groups in total. The molecule has 14 heavy (non-hydrogen) atoms.